The van der Waals surface area contributed by atoms with Gasteiger partial charge in [0, 0.05) is 19.0 Å². The number of carbonyl (C=O) groups is 1. The molecule has 0 atom stereocenters. The van der Waals surface area contributed by atoms with E-state index in [4.69, 9.17) is 0 Å². The molecule has 0 unspecified atom stereocenters. The van der Waals surface area contributed by atoms with E-state index in [1.54, 1.807) is 0 Å². The third kappa shape index (κ3) is 4.53. The number of hydrogen-bond acceptors (Lipinski definition) is 4. The zero-order valence-corrected chi connectivity index (χ0v) is 15.0. The van der Waals surface area contributed by atoms with Gasteiger partial charge in [-0.2, -0.15) is 0 Å². The number of carbonyl (C=O) groups excluding carboxylic acids is 1. The Morgan fingerprint density at radius 3 is 2.29 bits per heavy atom. The van der Waals surface area contributed by atoms with Crippen LogP contribution in [0.2, 0.25) is 0 Å². The molecule has 1 amide bonds. The fourth-order valence-corrected chi connectivity index (χ4v) is 3.78. The molecule has 1 saturated heterocycles. The number of alkyl halides is 3. The molecule has 1 heterocycles. The van der Waals surface area contributed by atoms with Gasteiger partial charge in [-0.05, 0) is 42.8 Å². The molecule has 11 heteroatoms. The van der Waals surface area contributed by atoms with Crippen molar-refractivity contribution < 1.29 is 35.5 Å². The Morgan fingerprint density at radius 1 is 1.07 bits per heavy atom. The summed E-state index contributed by atoms with van der Waals surface area (Å²) in [6.07, 6.45) is -3.96. The fourth-order valence-electron chi connectivity index (χ4n) is 2.73. The average molecular weight is 418 g/mol. The van der Waals surface area contributed by atoms with Gasteiger partial charge in [0.2, 0.25) is 5.91 Å². The van der Waals surface area contributed by atoms with Crippen LogP contribution in [0.1, 0.15) is 12.8 Å². The van der Waals surface area contributed by atoms with Gasteiger partial charge >= 0.3 is 6.36 Å². The number of benzene rings is 2. The summed E-state index contributed by atoms with van der Waals surface area (Å²) in [6, 6.07) is 7.07. The van der Waals surface area contributed by atoms with Gasteiger partial charge in [-0.25, -0.2) is 12.8 Å². The molecule has 1 N–H and O–H groups in total. The number of halogens is 4. The summed E-state index contributed by atoms with van der Waals surface area (Å²) in [7, 11) is -4.17. The molecule has 150 valence electrons. The van der Waals surface area contributed by atoms with Gasteiger partial charge in [0.05, 0.1) is 16.3 Å². The number of nitrogens with zero attached hydrogens (tertiary/aromatic N) is 1. The Hall–Kier alpha value is -2.82. The van der Waals surface area contributed by atoms with E-state index in [0.717, 1.165) is 30.3 Å². The highest BCUT2D eigenvalue weighted by Gasteiger charge is 2.31. The molecule has 0 aromatic heterocycles. The topological polar surface area (TPSA) is 75.7 Å². The van der Waals surface area contributed by atoms with Gasteiger partial charge in [-0.3, -0.25) is 9.52 Å². The van der Waals surface area contributed by atoms with Crippen LogP contribution in [-0.4, -0.2) is 27.2 Å². The Balaban J connectivity index is 1.77. The number of hydrogen-bond donors (Lipinski definition) is 1. The minimum Gasteiger partial charge on any atom is -0.406 e. The van der Waals surface area contributed by atoms with Crippen molar-refractivity contribution in [2.75, 3.05) is 16.2 Å². The fraction of sp³-hybridized carbons (Fsp3) is 0.235. The standard InChI is InChI=1S/C17H14F4N2O4S/c18-14-10-11(3-8-15(14)23-9-1-2-16(23)24)22-28(25,26)13-6-4-12(5-7-13)27-17(19,20)21/h3-8,10,22H,1-2,9H2. The minimum absolute atomic E-state index is 0.0547. The molecule has 0 bridgehead atoms. The van der Waals surface area contributed by atoms with Crippen molar-refractivity contribution in [1.82, 2.24) is 0 Å². The highest BCUT2D eigenvalue weighted by Crippen LogP contribution is 2.28. The summed E-state index contributed by atoms with van der Waals surface area (Å²) in [6.45, 7) is 0.382. The first-order valence-corrected chi connectivity index (χ1v) is 9.52. The number of amides is 1. The molecular formula is C17H14F4N2O4S. The zero-order valence-electron chi connectivity index (χ0n) is 14.2. The first-order valence-electron chi connectivity index (χ1n) is 8.04. The number of rotatable bonds is 5. The van der Waals surface area contributed by atoms with Crippen molar-refractivity contribution in [3.8, 4) is 5.75 Å². The van der Waals surface area contributed by atoms with Gasteiger partial charge in [-0.15, -0.1) is 13.2 Å². The number of nitrogens with one attached hydrogen (secondary N) is 1. The smallest absolute Gasteiger partial charge is 0.406 e. The molecular weight excluding hydrogens is 404 g/mol. The molecule has 0 spiro atoms. The molecule has 2 aromatic rings. The summed E-state index contributed by atoms with van der Waals surface area (Å²) in [5.41, 5.74) is -0.0392. The summed E-state index contributed by atoms with van der Waals surface area (Å²) >= 11 is 0. The van der Waals surface area contributed by atoms with Crippen LogP contribution >= 0.6 is 0 Å². The third-order valence-electron chi connectivity index (χ3n) is 3.93. The third-order valence-corrected chi connectivity index (χ3v) is 5.33. The van der Waals surface area contributed by atoms with Gasteiger partial charge in [0.1, 0.15) is 11.6 Å². The lowest BCUT2D eigenvalue weighted by molar-refractivity contribution is -0.274. The monoisotopic (exact) mass is 418 g/mol. The molecule has 0 saturated carbocycles. The molecule has 3 rings (SSSR count). The Kier molecular flexibility index (Phi) is 5.20. The van der Waals surface area contributed by atoms with E-state index in [0.29, 0.717) is 19.4 Å². The van der Waals surface area contributed by atoms with E-state index in [2.05, 4.69) is 9.46 Å². The quantitative estimate of drug-likeness (QED) is 0.753. The number of anilines is 2. The van der Waals surface area contributed by atoms with Crippen LogP contribution in [0.25, 0.3) is 0 Å². The molecule has 28 heavy (non-hydrogen) atoms. The second kappa shape index (κ2) is 7.30. The van der Waals surface area contributed by atoms with E-state index >= 15 is 0 Å². The summed E-state index contributed by atoms with van der Waals surface area (Å²) in [5.74, 6) is -1.56. The Morgan fingerprint density at radius 2 is 1.75 bits per heavy atom. The van der Waals surface area contributed by atoms with Gasteiger partial charge < -0.3 is 9.64 Å². The van der Waals surface area contributed by atoms with Crippen molar-refractivity contribution in [1.29, 1.82) is 0 Å². The lowest BCUT2D eigenvalue weighted by Crippen LogP contribution is -2.24. The second-order valence-corrected chi connectivity index (χ2v) is 7.62. The molecule has 2 aromatic carbocycles. The first-order chi connectivity index (χ1) is 13.0. The molecule has 0 aliphatic carbocycles. The van der Waals surface area contributed by atoms with E-state index in [-0.39, 0.29) is 22.2 Å². The van der Waals surface area contributed by atoms with Crippen LogP contribution in [0, 0.1) is 5.82 Å². The van der Waals surface area contributed by atoms with E-state index in [9.17, 15) is 30.8 Å². The van der Waals surface area contributed by atoms with Crippen LogP contribution < -0.4 is 14.4 Å². The van der Waals surface area contributed by atoms with Gasteiger partial charge in [-0.1, -0.05) is 0 Å². The largest absolute Gasteiger partial charge is 0.573 e. The lowest BCUT2D eigenvalue weighted by Gasteiger charge is -2.17. The second-order valence-electron chi connectivity index (χ2n) is 5.94. The Bertz CT molecular complexity index is 991. The van der Waals surface area contributed by atoms with E-state index in [1.165, 1.54) is 17.0 Å². The van der Waals surface area contributed by atoms with Gasteiger partial charge in [0.15, 0.2) is 0 Å². The Labute approximate surface area is 157 Å². The maximum atomic E-state index is 14.3. The minimum atomic E-state index is -4.89. The molecule has 1 fully saturated rings. The maximum Gasteiger partial charge on any atom is 0.573 e. The summed E-state index contributed by atoms with van der Waals surface area (Å²) in [5, 5.41) is 0. The highest BCUT2D eigenvalue weighted by molar-refractivity contribution is 7.92. The highest BCUT2D eigenvalue weighted by atomic mass is 32.2. The van der Waals surface area contributed by atoms with Crippen LogP contribution in [0.4, 0.5) is 28.9 Å². The number of sulfonamides is 1. The van der Waals surface area contributed by atoms with Crippen molar-refractivity contribution in [2.45, 2.75) is 24.1 Å². The predicted octanol–water partition coefficient (Wildman–Crippen LogP) is 3.65. The van der Waals surface area contributed by atoms with E-state index < -0.39 is 28.0 Å². The van der Waals surface area contributed by atoms with Crippen molar-refractivity contribution in [3.63, 3.8) is 0 Å². The van der Waals surface area contributed by atoms with Crippen molar-refractivity contribution >= 4 is 27.3 Å². The van der Waals surface area contributed by atoms with Crippen molar-refractivity contribution in [2.24, 2.45) is 0 Å². The molecule has 1 aliphatic heterocycles. The number of ether oxygens (including phenoxy) is 1. The molecule has 6 nitrogen and oxygen atoms in total. The van der Waals surface area contributed by atoms with Crippen LogP contribution in [0.15, 0.2) is 47.4 Å². The van der Waals surface area contributed by atoms with Crippen LogP contribution in [0.3, 0.4) is 0 Å². The van der Waals surface area contributed by atoms with Crippen LogP contribution in [0.5, 0.6) is 5.75 Å². The average Bonchev–Trinajstić information content (AvgIpc) is 2.99. The molecule has 1 aliphatic rings. The van der Waals surface area contributed by atoms with Crippen LogP contribution in [-0.2, 0) is 14.8 Å². The summed E-state index contributed by atoms with van der Waals surface area (Å²) < 4.78 is 81.3. The normalized spacial score (nSPS) is 15.0. The maximum absolute atomic E-state index is 14.3. The summed E-state index contributed by atoms with van der Waals surface area (Å²) in [4.78, 5) is 12.7. The van der Waals surface area contributed by atoms with Crippen molar-refractivity contribution in [3.05, 3.63) is 48.3 Å². The zero-order chi connectivity index (χ0) is 20.5. The predicted molar refractivity (Wildman–Crippen MR) is 91.9 cm³/mol. The lowest BCUT2D eigenvalue weighted by atomic mass is 10.2. The first kappa shape index (κ1) is 19.9. The van der Waals surface area contributed by atoms with E-state index in [1.807, 2.05) is 0 Å². The molecule has 0 radical (unpaired) electrons. The van der Waals surface area contributed by atoms with Gasteiger partial charge in [0.25, 0.3) is 10.0 Å². The SMILES string of the molecule is O=C1CCCN1c1ccc(NS(=O)(=O)c2ccc(OC(F)(F)F)cc2)cc1F.